The molecule has 130 valence electrons. The topological polar surface area (TPSA) is 54.0 Å². The zero-order valence-electron chi connectivity index (χ0n) is 14.8. The van der Waals surface area contributed by atoms with Crippen molar-refractivity contribution in [2.45, 2.75) is 32.2 Å². The Bertz CT molecular complexity index is 856. The summed E-state index contributed by atoms with van der Waals surface area (Å²) in [5.74, 6) is 1.70. The van der Waals surface area contributed by atoms with E-state index in [1.165, 1.54) is 19.4 Å². The van der Waals surface area contributed by atoms with Crippen molar-refractivity contribution in [1.29, 1.82) is 0 Å². The Morgan fingerprint density at radius 1 is 1.24 bits per heavy atom. The molecule has 3 heterocycles. The number of pyridine rings is 1. The van der Waals surface area contributed by atoms with Crippen LogP contribution in [0.15, 0.2) is 36.5 Å². The molecule has 1 fully saturated rings. The number of H-pyrrole nitrogens is 1. The molecular formula is C20H24N4O. The predicted octanol–water partition coefficient (Wildman–Crippen LogP) is 3.66. The molecule has 1 aromatic carbocycles. The molecule has 4 rings (SSSR count). The van der Waals surface area contributed by atoms with Gasteiger partial charge in [0.1, 0.15) is 5.82 Å². The maximum atomic E-state index is 5.12. The molecule has 5 heteroatoms. The highest BCUT2D eigenvalue weighted by Crippen LogP contribution is 2.24. The fourth-order valence-electron chi connectivity index (χ4n) is 3.61. The quantitative estimate of drug-likeness (QED) is 0.772. The second-order valence-electron chi connectivity index (χ2n) is 6.78. The van der Waals surface area contributed by atoms with E-state index in [1.54, 1.807) is 7.11 Å². The zero-order valence-corrected chi connectivity index (χ0v) is 14.8. The first-order chi connectivity index (χ1) is 12.2. The van der Waals surface area contributed by atoms with Crippen LogP contribution in [0.5, 0.6) is 5.88 Å². The molecule has 0 spiro atoms. The van der Waals surface area contributed by atoms with E-state index < -0.39 is 0 Å². The number of fused-ring (bicyclic) bond motifs is 1. The van der Waals surface area contributed by atoms with E-state index >= 15 is 0 Å². The van der Waals surface area contributed by atoms with Gasteiger partial charge in [0.2, 0.25) is 5.88 Å². The van der Waals surface area contributed by atoms with Crippen molar-refractivity contribution < 1.29 is 4.74 Å². The molecule has 1 aliphatic rings. The summed E-state index contributed by atoms with van der Waals surface area (Å²) in [4.78, 5) is 15.1. The summed E-state index contributed by atoms with van der Waals surface area (Å²) in [6, 6.07) is 10.9. The molecule has 0 radical (unpaired) electrons. The van der Waals surface area contributed by atoms with Gasteiger partial charge in [-0.25, -0.2) is 9.97 Å². The standard InChI is InChI=1S/C20H24N4O/c1-14-4-3-10-24(14)11-9-19-22-17-7-5-15(12-18(17)23-19)16-6-8-20(25-2)21-13-16/h5-8,12-14H,3-4,9-11H2,1-2H3,(H,22,23). The van der Waals surface area contributed by atoms with Gasteiger partial charge in [0.25, 0.3) is 0 Å². The maximum Gasteiger partial charge on any atom is 0.212 e. The first-order valence-electron chi connectivity index (χ1n) is 8.96. The fourth-order valence-corrected chi connectivity index (χ4v) is 3.61. The molecule has 1 saturated heterocycles. The number of nitrogens with one attached hydrogen (secondary N) is 1. The van der Waals surface area contributed by atoms with Crippen LogP contribution in [0.1, 0.15) is 25.6 Å². The van der Waals surface area contributed by atoms with E-state index in [0.717, 1.165) is 41.0 Å². The third-order valence-corrected chi connectivity index (χ3v) is 5.14. The number of hydrogen-bond acceptors (Lipinski definition) is 4. The average Bonchev–Trinajstić information content (AvgIpc) is 3.24. The van der Waals surface area contributed by atoms with Crippen molar-refractivity contribution in [2.75, 3.05) is 20.2 Å². The van der Waals surface area contributed by atoms with Gasteiger partial charge in [0.05, 0.1) is 18.1 Å². The Balaban J connectivity index is 1.52. The highest BCUT2D eigenvalue weighted by atomic mass is 16.5. The minimum Gasteiger partial charge on any atom is -0.481 e. The van der Waals surface area contributed by atoms with Gasteiger partial charge in [0.15, 0.2) is 0 Å². The number of imidazole rings is 1. The summed E-state index contributed by atoms with van der Waals surface area (Å²) in [5, 5.41) is 0. The Morgan fingerprint density at radius 3 is 2.84 bits per heavy atom. The minimum absolute atomic E-state index is 0.629. The predicted molar refractivity (Wildman–Crippen MR) is 99.8 cm³/mol. The second-order valence-corrected chi connectivity index (χ2v) is 6.78. The molecule has 2 aromatic heterocycles. The van der Waals surface area contributed by atoms with Crippen molar-refractivity contribution in [3.63, 3.8) is 0 Å². The Morgan fingerprint density at radius 2 is 2.12 bits per heavy atom. The molecule has 1 unspecified atom stereocenters. The SMILES string of the molecule is COc1ccc(-c2ccc3nc(CCN4CCCC4C)[nH]c3c2)cn1. The second kappa shape index (κ2) is 6.84. The third kappa shape index (κ3) is 3.37. The van der Waals surface area contributed by atoms with Gasteiger partial charge in [-0.2, -0.15) is 0 Å². The van der Waals surface area contributed by atoms with Crippen molar-refractivity contribution in [2.24, 2.45) is 0 Å². The number of benzene rings is 1. The maximum absolute atomic E-state index is 5.12. The van der Waals surface area contributed by atoms with Crippen LogP contribution in [0.3, 0.4) is 0 Å². The molecule has 25 heavy (non-hydrogen) atoms. The lowest BCUT2D eigenvalue weighted by Crippen LogP contribution is -2.29. The van der Waals surface area contributed by atoms with E-state index in [2.05, 4.69) is 40.0 Å². The molecule has 1 atom stereocenters. The monoisotopic (exact) mass is 336 g/mol. The zero-order chi connectivity index (χ0) is 17.2. The highest BCUT2D eigenvalue weighted by molar-refractivity contribution is 5.81. The van der Waals surface area contributed by atoms with Crippen LogP contribution in [0.2, 0.25) is 0 Å². The largest absolute Gasteiger partial charge is 0.481 e. The van der Waals surface area contributed by atoms with Gasteiger partial charge in [0, 0.05) is 36.8 Å². The number of aromatic amines is 1. The first kappa shape index (κ1) is 16.1. The Kier molecular flexibility index (Phi) is 4.40. The van der Waals surface area contributed by atoms with Crippen molar-refractivity contribution in [3.05, 3.63) is 42.4 Å². The number of hydrogen-bond donors (Lipinski definition) is 1. The number of likely N-dealkylation sites (tertiary alicyclic amines) is 1. The van der Waals surface area contributed by atoms with Crippen LogP contribution in [0.25, 0.3) is 22.2 Å². The summed E-state index contributed by atoms with van der Waals surface area (Å²) < 4.78 is 5.12. The van der Waals surface area contributed by atoms with Crippen LogP contribution in [0, 0.1) is 0 Å². The molecule has 1 aliphatic heterocycles. The van der Waals surface area contributed by atoms with Gasteiger partial charge in [-0.3, -0.25) is 0 Å². The van der Waals surface area contributed by atoms with Gasteiger partial charge < -0.3 is 14.6 Å². The molecule has 3 aromatic rings. The lowest BCUT2D eigenvalue weighted by molar-refractivity contribution is 0.271. The Hall–Kier alpha value is -2.40. The lowest BCUT2D eigenvalue weighted by atomic mass is 10.1. The van der Waals surface area contributed by atoms with E-state index in [1.807, 2.05) is 18.3 Å². The number of methoxy groups -OCH3 is 1. The first-order valence-corrected chi connectivity index (χ1v) is 8.96. The summed E-state index contributed by atoms with van der Waals surface area (Å²) in [6.45, 7) is 4.62. The normalized spacial score (nSPS) is 18.1. The lowest BCUT2D eigenvalue weighted by Gasteiger charge is -2.19. The van der Waals surface area contributed by atoms with Gasteiger partial charge in [-0.15, -0.1) is 0 Å². The summed E-state index contributed by atoms with van der Waals surface area (Å²) in [6.07, 6.45) is 5.45. The fraction of sp³-hybridized carbons (Fsp3) is 0.400. The third-order valence-electron chi connectivity index (χ3n) is 5.14. The summed E-state index contributed by atoms with van der Waals surface area (Å²) in [7, 11) is 1.63. The molecule has 5 nitrogen and oxygen atoms in total. The van der Waals surface area contributed by atoms with E-state index in [0.29, 0.717) is 11.9 Å². The molecule has 0 amide bonds. The molecular weight excluding hydrogens is 312 g/mol. The van der Waals surface area contributed by atoms with Crippen LogP contribution in [-0.4, -0.2) is 46.1 Å². The summed E-state index contributed by atoms with van der Waals surface area (Å²) in [5.41, 5.74) is 4.31. The molecule has 0 aliphatic carbocycles. The van der Waals surface area contributed by atoms with Crippen LogP contribution < -0.4 is 4.74 Å². The molecule has 1 N–H and O–H groups in total. The number of aromatic nitrogens is 3. The number of nitrogens with zero attached hydrogens (tertiary/aromatic N) is 3. The van der Waals surface area contributed by atoms with Crippen molar-refractivity contribution in [3.8, 4) is 17.0 Å². The average molecular weight is 336 g/mol. The smallest absolute Gasteiger partial charge is 0.212 e. The van der Waals surface area contributed by atoms with Crippen molar-refractivity contribution >= 4 is 11.0 Å². The number of rotatable bonds is 5. The molecule has 0 bridgehead atoms. The van der Waals surface area contributed by atoms with Gasteiger partial charge in [-0.1, -0.05) is 6.07 Å². The van der Waals surface area contributed by atoms with Crippen LogP contribution in [-0.2, 0) is 6.42 Å². The minimum atomic E-state index is 0.629. The van der Waals surface area contributed by atoms with E-state index in [-0.39, 0.29) is 0 Å². The van der Waals surface area contributed by atoms with Gasteiger partial charge in [-0.05, 0) is 50.1 Å². The van der Waals surface area contributed by atoms with Gasteiger partial charge >= 0.3 is 0 Å². The van der Waals surface area contributed by atoms with Crippen LogP contribution in [0.4, 0.5) is 0 Å². The Labute approximate surface area is 148 Å². The highest BCUT2D eigenvalue weighted by Gasteiger charge is 2.19. The summed E-state index contributed by atoms with van der Waals surface area (Å²) >= 11 is 0. The number of ether oxygens (including phenoxy) is 1. The van der Waals surface area contributed by atoms with Crippen LogP contribution >= 0.6 is 0 Å². The van der Waals surface area contributed by atoms with E-state index in [9.17, 15) is 0 Å². The van der Waals surface area contributed by atoms with E-state index in [4.69, 9.17) is 9.72 Å². The molecule has 0 saturated carbocycles. The van der Waals surface area contributed by atoms with Crippen molar-refractivity contribution in [1.82, 2.24) is 19.9 Å².